The van der Waals surface area contributed by atoms with E-state index in [-0.39, 0.29) is 5.75 Å². The molecule has 5 rings (SSSR count). The minimum atomic E-state index is -4.76. The molecule has 0 aliphatic carbocycles. The van der Waals surface area contributed by atoms with Gasteiger partial charge in [-0.25, -0.2) is 4.98 Å². The molecular weight excluding hydrogens is 465 g/mol. The lowest BCUT2D eigenvalue weighted by Crippen LogP contribution is -2.17. The van der Waals surface area contributed by atoms with Crippen LogP contribution in [-0.2, 0) is 0 Å². The molecule has 0 saturated heterocycles. The molecular formula is C29H21F3N2O2. The van der Waals surface area contributed by atoms with E-state index in [0.717, 1.165) is 28.1 Å². The second kappa shape index (κ2) is 9.62. The number of halogens is 3. The summed E-state index contributed by atoms with van der Waals surface area (Å²) in [7, 11) is 1.60. The van der Waals surface area contributed by atoms with Gasteiger partial charge in [-0.2, -0.15) is 0 Å². The van der Waals surface area contributed by atoms with Gasteiger partial charge in [-0.15, -0.1) is 13.2 Å². The number of hydrogen-bond donors (Lipinski definition) is 0. The molecule has 0 bridgehead atoms. The van der Waals surface area contributed by atoms with E-state index in [1.54, 1.807) is 19.2 Å². The maximum absolute atomic E-state index is 12.7. The van der Waals surface area contributed by atoms with Gasteiger partial charge < -0.3 is 9.47 Å². The van der Waals surface area contributed by atoms with E-state index in [1.165, 1.54) is 12.1 Å². The highest BCUT2D eigenvalue weighted by atomic mass is 19.4. The fourth-order valence-electron chi connectivity index (χ4n) is 4.06. The monoisotopic (exact) mass is 486 g/mol. The summed E-state index contributed by atoms with van der Waals surface area (Å²) in [5.74, 6) is 1.05. The van der Waals surface area contributed by atoms with E-state index < -0.39 is 6.36 Å². The zero-order valence-corrected chi connectivity index (χ0v) is 19.2. The lowest BCUT2D eigenvalue weighted by Gasteiger charge is -2.15. The largest absolute Gasteiger partial charge is 0.573 e. The van der Waals surface area contributed by atoms with Crippen LogP contribution in [0, 0.1) is 0 Å². The molecule has 0 spiro atoms. The van der Waals surface area contributed by atoms with Crippen LogP contribution in [-0.4, -0.2) is 23.0 Å². The van der Waals surface area contributed by atoms with Crippen LogP contribution in [0.15, 0.2) is 109 Å². The van der Waals surface area contributed by atoms with Crippen molar-refractivity contribution < 1.29 is 22.6 Å². The zero-order valence-electron chi connectivity index (χ0n) is 19.2. The quantitative estimate of drug-likeness (QED) is 0.246. The average Bonchev–Trinajstić information content (AvgIpc) is 3.30. The number of methoxy groups -OCH3 is 1. The molecule has 4 aromatic carbocycles. The van der Waals surface area contributed by atoms with Crippen LogP contribution in [0.3, 0.4) is 0 Å². The third-order valence-electron chi connectivity index (χ3n) is 5.65. The first-order valence-electron chi connectivity index (χ1n) is 11.2. The molecule has 1 aromatic heterocycles. The number of hydrogen-bond acceptors (Lipinski definition) is 3. The molecule has 0 saturated carbocycles. The molecule has 0 N–H and O–H groups in total. The first kappa shape index (κ1) is 23.2. The number of aromatic nitrogens is 2. The van der Waals surface area contributed by atoms with Crippen LogP contribution in [0.5, 0.6) is 11.5 Å². The summed E-state index contributed by atoms with van der Waals surface area (Å²) in [5.41, 5.74) is 4.87. The summed E-state index contributed by atoms with van der Waals surface area (Å²) in [6.07, 6.45) is -4.76. The van der Waals surface area contributed by atoms with Gasteiger partial charge in [0.05, 0.1) is 18.5 Å². The van der Waals surface area contributed by atoms with E-state index in [1.807, 2.05) is 89.5 Å². The van der Waals surface area contributed by atoms with E-state index in [9.17, 15) is 13.2 Å². The van der Waals surface area contributed by atoms with Gasteiger partial charge in [0.2, 0.25) is 0 Å². The second-order valence-corrected chi connectivity index (χ2v) is 7.97. The second-order valence-electron chi connectivity index (χ2n) is 7.97. The van der Waals surface area contributed by atoms with Crippen LogP contribution < -0.4 is 9.47 Å². The standard InChI is InChI=1S/C29H21F3N2O2/c1-35-24-16-12-22(13-17-24)28-33-26(20-8-4-2-5-9-20)27(21-10-6-3-7-11-21)34(28)23-14-18-25(19-15-23)36-29(30,31)32/h2-19H,1H3. The molecule has 4 nitrogen and oxygen atoms in total. The van der Waals surface area contributed by atoms with Crippen molar-refractivity contribution >= 4 is 0 Å². The summed E-state index contributed by atoms with van der Waals surface area (Å²) < 4.78 is 49.6. The highest BCUT2D eigenvalue weighted by Crippen LogP contribution is 2.39. The Labute approximate surface area is 206 Å². The van der Waals surface area contributed by atoms with Crippen molar-refractivity contribution in [1.29, 1.82) is 0 Å². The third-order valence-corrected chi connectivity index (χ3v) is 5.65. The van der Waals surface area contributed by atoms with Crippen LogP contribution in [0.1, 0.15) is 0 Å². The van der Waals surface area contributed by atoms with Gasteiger partial charge in [0.15, 0.2) is 0 Å². The van der Waals surface area contributed by atoms with Crippen LogP contribution >= 0.6 is 0 Å². The summed E-state index contributed by atoms with van der Waals surface area (Å²) >= 11 is 0. The van der Waals surface area contributed by atoms with Gasteiger partial charge >= 0.3 is 6.36 Å². The number of benzene rings is 4. The summed E-state index contributed by atoms with van der Waals surface area (Å²) in [4.78, 5) is 5.05. The van der Waals surface area contributed by atoms with E-state index in [2.05, 4.69) is 4.74 Å². The van der Waals surface area contributed by atoms with E-state index in [0.29, 0.717) is 17.3 Å². The van der Waals surface area contributed by atoms with Crippen molar-refractivity contribution in [2.45, 2.75) is 6.36 Å². The Balaban J connectivity index is 1.77. The highest BCUT2D eigenvalue weighted by Gasteiger charge is 2.31. The smallest absolute Gasteiger partial charge is 0.497 e. The van der Waals surface area contributed by atoms with Crippen molar-refractivity contribution in [3.05, 3.63) is 109 Å². The van der Waals surface area contributed by atoms with Crippen molar-refractivity contribution in [2.24, 2.45) is 0 Å². The van der Waals surface area contributed by atoms with Crippen LogP contribution in [0.2, 0.25) is 0 Å². The Morgan fingerprint density at radius 2 is 1.19 bits per heavy atom. The number of ether oxygens (including phenoxy) is 2. The van der Waals surface area contributed by atoms with E-state index in [4.69, 9.17) is 9.72 Å². The maximum Gasteiger partial charge on any atom is 0.573 e. The number of imidazole rings is 1. The Kier molecular flexibility index (Phi) is 6.21. The normalized spacial score (nSPS) is 11.3. The molecule has 5 aromatic rings. The molecule has 180 valence electrons. The predicted molar refractivity (Wildman–Crippen MR) is 133 cm³/mol. The minimum Gasteiger partial charge on any atom is -0.497 e. The van der Waals surface area contributed by atoms with Crippen LogP contribution in [0.25, 0.3) is 39.6 Å². The van der Waals surface area contributed by atoms with Crippen molar-refractivity contribution in [1.82, 2.24) is 9.55 Å². The Bertz CT molecular complexity index is 1450. The maximum atomic E-state index is 12.7. The van der Waals surface area contributed by atoms with Crippen molar-refractivity contribution in [2.75, 3.05) is 7.11 Å². The summed E-state index contributed by atoms with van der Waals surface area (Å²) in [6.45, 7) is 0. The molecule has 0 amide bonds. The lowest BCUT2D eigenvalue weighted by molar-refractivity contribution is -0.274. The molecule has 0 fully saturated rings. The molecule has 0 atom stereocenters. The Hall–Kier alpha value is -4.52. The minimum absolute atomic E-state index is 0.290. The van der Waals surface area contributed by atoms with Gasteiger partial charge in [-0.05, 0) is 48.5 Å². The molecule has 0 unspecified atom stereocenters. The van der Waals surface area contributed by atoms with Crippen LogP contribution in [0.4, 0.5) is 13.2 Å². The SMILES string of the molecule is COc1ccc(-c2nc(-c3ccccc3)c(-c3ccccc3)n2-c2ccc(OC(F)(F)F)cc2)cc1. The molecule has 0 aliphatic rings. The number of nitrogens with zero attached hydrogens (tertiary/aromatic N) is 2. The topological polar surface area (TPSA) is 36.3 Å². The molecule has 7 heteroatoms. The van der Waals surface area contributed by atoms with Crippen molar-refractivity contribution in [3.63, 3.8) is 0 Å². The fraction of sp³-hybridized carbons (Fsp3) is 0.0690. The van der Waals surface area contributed by atoms with Gasteiger partial charge in [0, 0.05) is 22.4 Å². The first-order chi connectivity index (χ1) is 17.4. The average molecular weight is 486 g/mol. The van der Waals surface area contributed by atoms with E-state index >= 15 is 0 Å². The molecule has 0 radical (unpaired) electrons. The Morgan fingerprint density at radius 1 is 0.639 bits per heavy atom. The Morgan fingerprint density at radius 3 is 1.75 bits per heavy atom. The zero-order chi connectivity index (χ0) is 25.1. The number of alkyl halides is 3. The molecule has 36 heavy (non-hydrogen) atoms. The first-order valence-corrected chi connectivity index (χ1v) is 11.2. The summed E-state index contributed by atoms with van der Waals surface area (Å²) in [6, 6.07) is 32.9. The van der Waals surface area contributed by atoms with Crippen molar-refractivity contribution in [3.8, 4) is 51.1 Å². The van der Waals surface area contributed by atoms with Gasteiger partial charge in [-0.3, -0.25) is 4.57 Å². The predicted octanol–water partition coefficient (Wildman–Crippen LogP) is 7.78. The fourth-order valence-corrected chi connectivity index (χ4v) is 4.06. The van der Waals surface area contributed by atoms with Gasteiger partial charge in [-0.1, -0.05) is 60.7 Å². The lowest BCUT2D eigenvalue weighted by atomic mass is 10.0. The highest BCUT2D eigenvalue weighted by molar-refractivity contribution is 5.84. The molecule has 0 aliphatic heterocycles. The summed E-state index contributed by atoms with van der Waals surface area (Å²) in [5, 5.41) is 0. The third kappa shape index (κ3) is 4.81. The van der Waals surface area contributed by atoms with Gasteiger partial charge in [0.25, 0.3) is 0 Å². The number of rotatable bonds is 6. The molecule has 1 heterocycles. The van der Waals surface area contributed by atoms with Gasteiger partial charge in [0.1, 0.15) is 17.3 Å².